The fraction of sp³-hybridized carbons (Fsp3) is 0.375. The van der Waals surface area contributed by atoms with Crippen molar-refractivity contribution in [1.82, 2.24) is 9.55 Å². The molecule has 0 radical (unpaired) electrons. The van der Waals surface area contributed by atoms with E-state index in [1.54, 1.807) is 17.0 Å². The molecule has 2 aromatic rings. The zero-order chi connectivity index (χ0) is 14.2. The Bertz CT molecular complexity index is 721. The number of hydrogen-bond acceptors (Lipinski definition) is 4. The van der Waals surface area contributed by atoms with Crippen molar-refractivity contribution in [1.29, 1.82) is 0 Å². The second kappa shape index (κ2) is 4.91. The molecule has 1 N–H and O–H groups in total. The third kappa shape index (κ3) is 2.28. The van der Waals surface area contributed by atoms with Crippen LogP contribution in [0.25, 0.3) is 0 Å². The first kappa shape index (κ1) is 12.4. The molecule has 4 rings (SSSR count). The molecule has 0 amide bonds. The molecule has 1 atom stereocenters. The zero-order valence-electron chi connectivity index (χ0n) is 11.7. The van der Waals surface area contributed by atoms with Crippen molar-refractivity contribution in [3.05, 3.63) is 52.6 Å². The van der Waals surface area contributed by atoms with E-state index in [-0.39, 0.29) is 11.6 Å². The first-order valence-corrected chi connectivity index (χ1v) is 7.38. The summed E-state index contributed by atoms with van der Waals surface area (Å²) in [5, 5.41) is 3.30. The van der Waals surface area contributed by atoms with Crippen LogP contribution in [-0.4, -0.2) is 16.2 Å². The van der Waals surface area contributed by atoms with Gasteiger partial charge in [-0.25, -0.2) is 4.98 Å². The molecule has 1 unspecified atom stereocenters. The average Bonchev–Trinajstić information content (AvgIpc) is 3.34. The van der Waals surface area contributed by atoms with Crippen LogP contribution in [-0.2, 0) is 0 Å². The highest BCUT2D eigenvalue weighted by Crippen LogP contribution is 2.35. The Labute approximate surface area is 122 Å². The van der Waals surface area contributed by atoms with E-state index < -0.39 is 0 Å². The SMILES string of the molecule is O=c1c(NC2CCOc3ccccc32)nccn1C1CC1. The zero-order valence-corrected chi connectivity index (χ0v) is 11.7. The molecule has 1 aliphatic heterocycles. The van der Waals surface area contributed by atoms with Crippen molar-refractivity contribution in [2.75, 3.05) is 11.9 Å². The summed E-state index contributed by atoms with van der Waals surface area (Å²) < 4.78 is 7.44. The van der Waals surface area contributed by atoms with Crippen LogP contribution in [0, 0.1) is 0 Å². The number of nitrogens with zero attached hydrogens (tertiary/aromatic N) is 2. The summed E-state index contributed by atoms with van der Waals surface area (Å²) in [6, 6.07) is 8.39. The number of benzene rings is 1. The Kier molecular flexibility index (Phi) is 2.91. The number of rotatable bonds is 3. The smallest absolute Gasteiger partial charge is 0.293 e. The molecule has 1 aromatic carbocycles. The minimum absolute atomic E-state index is 0.0241. The van der Waals surface area contributed by atoms with Crippen LogP contribution in [0.15, 0.2) is 41.5 Å². The van der Waals surface area contributed by atoms with E-state index in [0.29, 0.717) is 18.5 Å². The lowest BCUT2D eigenvalue weighted by Gasteiger charge is -2.26. The van der Waals surface area contributed by atoms with Crippen molar-refractivity contribution < 1.29 is 4.74 Å². The van der Waals surface area contributed by atoms with Gasteiger partial charge in [-0.1, -0.05) is 18.2 Å². The van der Waals surface area contributed by atoms with Crippen molar-refractivity contribution in [2.24, 2.45) is 0 Å². The van der Waals surface area contributed by atoms with Gasteiger partial charge >= 0.3 is 0 Å². The molecule has 21 heavy (non-hydrogen) atoms. The highest BCUT2D eigenvalue weighted by molar-refractivity contribution is 5.43. The number of hydrogen-bond donors (Lipinski definition) is 1. The number of nitrogens with one attached hydrogen (secondary N) is 1. The maximum atomic E-state index is 12.4. The minimum atomic E-state index is -0.0241. The summed E-state index contributed by atoms with van der Waals surface area (Å²) in [4.78, 5) is 16.7. The van der Waals surface area contributed by atoms with Crippen molar-refractivity contribution >= 4 is 5.82 Å². The van der Waals surface area contributed by atoms with Gasteiger partial charge in [0.25, 0.3) is 5.56 Å². The summed E-state index contributed by atoms with van der Waals surface area (Å²) in [6.45, 7) is 0.651. The predicted molar refractivity (Wildman–Crippen MR) is 79.7 cm³/mol. The van der Waals surface area contributed by atoms with Gasteiger partial charge in [0.2, 0.25) is 0 Å². The summed E-state index contributed by atoms with van der Waals surface area (Å²) in [5.74, 6) is 1.32. The van der Waals surface area contributed by atoms with E-state index in [9.17, 15) is 4.79 Å². The highest BCUT2D eigenvalue weighted by atomic mass is 16.5. The van der Waals surface area contributed by atoms with Gasteiger partial charge in [-0.05, 0) is 18.9 Å². The van der Waals surface area contributed by atoms with Gasteiger partial charge in [0.1, 0.15) is 5.75 Å². The lowest BCUT2D eigenvalue weighted by molar-refractivity contribution is 0.274. The third-order valence-electron chi connectivity index (χ3n) is 4.08. The topological polar surface area (TPSA) is 56.1 Å². The largest absolute Gasteiger partial charge is 0.493 e. The standard InChI is InChI=1S/C16H17N3O2/c20-16-15(17-8-9-19(16)11-5-6-11)18-13-7-10-21-14-4-2-1-3-12(13)14/h1-4,8-9,11,13H,5-7,10H2,(H,17,18). The molecule has 1 saturated carbocycles. The van der Waals surface area contributed by atoms with E-state index in [2.05, 4.69) is 10.3 Å². The summed E-state index contributed by atoms with van der Waals surface area (Å²) in [6.07, 6.45) is 6.49. The molecule has 0 spiro atoms. The Morgan fingerprint density at radius 2 is 2.10 bits per heavy atom. The average molecular weight is 283 g/mol. The molecular weight excluding hydrogens is 266 g/mol. The molecule has 0 bridgehead atoms. The van der Waals surface area contributed by atoms with Crippen LogP contribution in [0.1, 0.15) is 36.9 Å². The molecule has 2 heterocycles. The molecule has 5 nitrogen and oxygen atoms in total. The Balaban J connectivity index is 1.65. The Morgan fingerprint density at radius 3 is 2.95 bits per heavy atom. The molecule has 2 aliphatic rings. The van der Waals surface area contributed by atoms with Crippen molar-refractivity contribution in [3.8, 4) is 5.75 Å². The maximum absolute atomic E-state index is 12.4. The molecule has 108 valence electrons. The number of ether oxygens (including phenoxy) is 1. The third-order valence-corrected chi connectivity index (χ3v) is 4.08. The lowest BCUT2D eigenvalue weighted by atomic mass is 10.0. The fourth-order valence-corrected chi connectivity index (χ4v) is 2.82. The van der Waals surface area contributed by atoms with Crippen LogP contribution in [0.2, 0.25) is 0 Å². The van der Waals surface area contributed by atoms with Gasteiger partial charge in [0.05, 0.1) is 12.6 Å². The van der Waals surface area contributed by atoms with Crippen molar-refractivity contribution in [3.63, 3.8) is 0 Å². The lowest BCUT2D eigenvalue weighted by Crippen LogP contribution is -2.27. The van der Waals surface area contributed by atoms with E-state index in [0.717, 1.165) is 30.6 Å². The summed E-state index contributed by atoms with van der Waals surface area (Å²) in [7, 11) is 0. The molecular formula is C16H17N3O2. The molecule has 1 aliphatic carbocycles. The first-order chi connectivity index (χ1) is 10.3. The second-order valence-corrected chi connectivity index (χ2v) is 5.59. The molecule has 5 heteroatoms. The number of anilines is 1. The Hall–Kier alpha value is -2.30. The van der Waals surface area contributed by atoms with E-state index in [1.807, 2.05) is 24.3 Å². The van der Waals surface area contributed by atoms with E-state index >= 15 is 0 Å². The quantitative estimate of drug-likeness (QED) is 0.940. The van der Waals surface area contributed by atoms with Gasteiger partial charge in [0, 0.05) is 30.4 Å². The van der Waals surface area contributed by atoms with Gasteiger partial charge in [0.15, 0.2) is 5.82 Å². The van der Waals surface area contributed by atoms with Gasteiger partial charge < -0.3 is 14.6 Å². The van der Waals surface area contributed by atoms with Crippen molar-refractivity contribution in [2.45, 2.75) is 31.3 Å². The molecule has 0 saturated heterocycles. The Morgan fingerprint density at radius 1 is 1.24 bits per heavy atom. The maximum Gasteiger partial charge on any atom is 0.293 e. The minimum Gasteiger partial charge on any atom is -0.493 e. The second-order valence-electron chi connectivity index (χ2n) is 5.59. The molecule has 1 fully saturated rings. The van der Waals surface area contributed by atoms with Crippen LogP contribution >= 0.6 is 0 Å². The number of aromatic nitrogens is 2. The highest BCUT2D eigenvalue weighted by Gasteiger charge is 2.27. The van der Waals surface area contributed by atoms with Gasteiger partial charge in [-0.15, -0.1) is 0 Å². The van der Waals surface area contributed by atoms with Crippen LogP contribution < -0.4 is 15.6 Å². The van der Waals surface area contributed by atoms with Gasteiger partial charge in [-0.3, -0.25) is 4.79 Å². The van der Waals surface area contributed by atoms with Crippen LogP contribution in [0.4, 0.5) is 5.82 Å². The van der Waals surface area contributed by atoms with Crippen LogP contribution in [0.5, 0.6) is 5.75 Å². The number of para-hydroxylation sites is 1. The van der Waals surface area contributed by atoms with E-state index in [4.69, 9.17) is 4.74 Å². The van der Waals surface area contributed by atoms with E-state index in [1.165, 1.54) is 0 Å². The summed E-state index contributed by atoms with van der Waals surface area (Å²) in [5.41, 5.74) is 1.07. The normalized spacial score (nSPS) is 20.5. The fourth-order valence-electron chi connectivity index (χ4n) is 2.82. The predicted octanol–water partition coefficient (Wildman–Crippen LogP) is 2.51. The number of fused-ring (bicyclic) bond motifs is 1. The summed E-state index contributed by atoms with van der Waals surface area (Å²) >= 11 is 0. The molecule has 1 aromatic heterocycles. The first-order valence-electron chi connectivity index (χ1n) is 7.38. The van der Waals surface area contributed by atoms with Crippen LogP contribution in [0.3, 0.4) is 0 Å². The van der Waals surface area contributed by atoms with Gasteiger partial charge in [-0.2, -0.15) is 0 Å². The monoisotopic (exact) mass is 283 g/mol.